The minimum absolute atomic E-state index is 0.243. The molecule has 84 valence electrons. The van der Waals surface area contributed by atoms with E-state index in [-0.39, 0.29) is 6.10 Å². The third-order valence-electron chi connectivity index (χ3n) is 2.79. The topological polar surface area (TPSA) is 41.5 Å². The first kappa shape index (κ1) is 12.0. The van der Waals surface area contributed by atoms with Gasteiger partial charge in [-0.15, -0.1) is 0 Å². The number of nitrogens with one attached hydrogen (secondary N) is 1. The molecule has 1 rings (SSSR count). The van der Waals surface area contributed by atoms with Crippen LogP contribution < -0.4 is 5.32 Å². The van der Waals surface area contributed by atoms with E-state index in [1.807, 2.05) is 6.92 Å². The zero-order valence-electron chi connectivity index (χ0n) is 9.33. The van der Waals surface area contributed by atoms with Crippen molar-refractivity contribution in [3.63, 3.8) is 0 Å². The molecule has 0 aromatic carbocycles. The molecule has 14 heavy (non-hydrogen) atoms. The second-order valence-corrected chi connectivity index (χ2v) is 4.45. The van der Waals surface area contributed by atoms with Gasteiger partial charge in [-0.1, -0.05) is 0 Å². The standard InChI is InChI=1S/C11H23NO2/c1-9(12-8-10(2)13)7-11-3-5-14-6-4-11/h9-13H,3-8H2,1-2H3/t9?,10-/m0/s1. The Morgan fingerprint density at radius 3 is 2.57 bits per heavy atom. The highest BCUT2D eigenvalue weighted by Crippen LogP contribution is 2.19. The number of hydrogen-bond donors (Lipinski definition) is 2. The highest BCUT2D eigenvalue weighted by molar-refractivity contribution is 4.71. The van der Waals surface area contributed by atoms with E-state index >= 15 is 0 Å². The summed E-state index contributed by atoms with van der Waals surface area (Å²) in [5, 5.41) is 12.5. The first-order valence-corrected chi connectivity index (χ1v) is 5.67. The third kappa shape index (κ3) is 4.94. The van der Waals surface area contributed by atoms with E-state index in [0.717, 1.165) is 19.1 Å². The van der Waals surface area contributed by atoms with Gasteiger partial charge in [0.25, 0.3) is 0 Å². The molecule has 0 aromatic rings. The molecule has 0 spiro atoms. The van der Waals surface area contributed by atoms with E-state index in [0.29, 0.717) is 12.6 Å². The molecule has 3 heteroatoms. The molecule has 1 aliphatic heterocycles. The zero-order valence-corrected chi connectivity index (χ0v) is 9.33. The summed E-state index contributed by atoms with van der Waals surface area (Å²) in [6.07, 6.45) is 3.35. The van der Waals surface area contributed by atoms with Crippen LogP contribution >= 0.6 is 0 Å². The third-order valence-corrected chi connectivity index (χ3v) is 2.79. The highest BCUT2D eigenvalue weighted by Gasteiger charge is 2.16. The van der Waals surface area contributed by atoms with Crippen molar-refractivity contribution in [2.45, 2.75) is 45.3 Å². The number of aliphatic hydroxyl groups is 1. The molecular formula is C11H23NO2. The fourth-order valence-electron chi connectivity index (χ4n) is 1.94. The molecular weight excluding hydrogens is 178 g/mol. The van der Waals surface area contributed by atoms with Gasteiger partial charge in [-0.05, 0) is 39.0 Å². The van der Waals surface area contributed by atoms with Crippen molar-refractivity contribution < 1.29 is 9.84 Å². The molecule has 0 radical (unpaired) electrons. The van der Waals surface area contributed by atoms with Crippen LogP contribution in [0.25, 0.3) is 0 Å². The molecule has 3 nitrogen and oxygen atoms in total. The van der Waals surface area contributed by atoms with E-state index in [1.165, 1.54) is 19.3 Å². The molecule has 1 unspecified atom stereocenters. The van der Waals surface area contributed by atoms with Crippen molar-refractivity contribution in [2.24, 2.45) is 5.92 Å². The predicted molar refractivity (Wildman–Crippen MR) is 57.3 cm³/mol. The second kappa shape index (κ2) is 6.38. The van der Waals surface area contributed by atoms with Crippen molar-refractivity contribution in [1.29, 1.82) is 0 Å². The lowest BCUT2D eigenvalue weighted by Gasteiger charge is -2.25. The lowest BCUT2D eigenvalue weighted by molar-refractivity contribution is 0.0606. The molecule has 1 heterocycles. The highest BCUT2D eigenvalue weighted by atomic mass is 16.5. The second-order valence-electron chi connectivity index (χ2n) is 4.45. The smallest absolute Gasteiger partial charge is 0.0636 e. The average Bonchev–Trinajstić information content (AvgIpc) is 2.16. The van der Waals surface area contributed by atoms with E-state index in [1.54, 1.807) is 0 Å². The van der Waals surface area contributed by atoms with Crippen LogP contribution in [0.3, 0.4) is 0 Å². The Morgan fingerprint density at radius 1 is 1.36 bits per heavy atom. The van der Waals surface area contributed by atoms with Crippen LogP contribution in [-0.2, 0) is 4.74 Å². The Balaban J connectivity index is 2.09. The molecule has 2 atom stereocenters. The number of hydrogen-bond acceptors (Lipinski definition) is 3. The molecule has 0 saturated carbocycles. The monoisotopic (exact) mass is 201 g/mol. The van der Waals surface area contributed by atoms with Gasteiger partial charge in [0.2, 0.25) is 0 Å². The molecule has 1 fully saturated rings. The minimum atomic E-state index is -0.243. The Bertz CT molecular complexity index is 144. The maximum absolute atomic E-state index is 9.12. The van der Waals surface area contributed by atoms with E-state index in [2.05, 4.69) is 12.2 Å². The van der Waals surface area contributed by atoms with Crippen LogP contribution in [0.5, 0.6) is 0 Å². The fourth-order valence-corrected chi connectivity index (χ4v) is 1.94. The molecule has 0 amide bonds. The summed E-state index contributed by atoms with van der Waals surface area (Å²) in [5.41, 5.74) is 0. The van der Waals surface area contributed by atoms with Crippen LogP contribution in [0.1, 0.15) is 33.1 Å². The van der Waals surface area contributed by atoms with E-state index in [4.69, 9.17) is 9.84 Å². The summed E-state index contributed by atoms with van der Waals surface area (Å²) in [6.45, 7) is 6.55. The van der Waals surface area contributed by atoms with Gasteiger partial charge in [0.15, 0.2) is 0 Å². The first-order valence-electron chi connectivity index (χ1n) is 5.67. The van der Waals surface area contributed by atoms with Crippen LogP contribution in [-0.4, -0.2) is 37.0 Å². The SMILES string of the molecule is CC(CC1CCOCC1)NC[C@H](C)O. The summed E-state index contributed by atoms with van der Waals surface area (Å²) in [7, 11) is 0. The molecule has 0 aliphatic carbocycles. The Hall–Kier alpha value is -0.120. The largest absolute Gasteiger partial charge is 0.392 e. The lowest BCUT2D eigenvalue weighted by atomic mass is 9.93. The minimum Gasteiger partial charge on any atom is -0.392 e. The number of aliphatic hydroxyl groups excluding tert-OH is 1. The predicted octanol–water partition coefficient (Wildman–Crippen LogP) is 1.16. The number of rotatable bonds is 5. The average molecular weight is 201 g/mol. The summed E-state index contributed by atoms with van der Waals surface area (Å²) in [4.78, 5) is 0. The van der Waals surface area contributed by atoms with Crippen molar-refractivity contribution in [3.05, 3.63) is 0 Å². The molecule has 2 N–H and O–H groups in total. The van der Waals surface area contributed by atoms with Gasteiger partial charge in [0, 0.05) is 25.8 Å². The maximum Gasteiger partial charge on any atom is 0.0636 e. The molecule has 1 saturated heterocycles. The van der Waals surface area contributed by atoms with Crippen molar-refractivity contribution in [3.8, 4) is 0 Å². The normalized spacial score (nSPS) is 23.4. The molecule has 0 bridgehead atoms. The first-order chi connectivity index (χ1) is 6.68. The summed E-state index contributed by atoms with van der Waals surface area (Å²) in [5.74, 6) is 0.806. The van der Waals surface area contributed by atoms with E-state index < -0.39 is 0 Å². The molecule has 1 aliphatic rings. The Kier molecular flexibility index (Phi) is 5.45. The quantitative estimate of drug-likeness (QED) is 0.701. The molecule has 0 aromatic heterocycles. The van der Waals surface area contributed by atoms with Gasteiger partial charge in [-0.2, -0.15) is 0 Å². The Morgan fingerprint density at radius 2 is 2.00 bits per heavy atom. The van der Waals surface area contributed by atoms with Gasteiger partial charge in [-0.3, -0.25) is 0 Å². The summed E-state index contributed by atoms with van der Waals surface area (Å²) in [6, 6.07) is 0.507. The van der Waals surface area contributed by atoms with Gasteiger partial charge in [-0.25, -0.2) is 0 Å². The summed E-state index contributed by atoms with van der Waals surface area (Å²) < 4.78 is 5.32. The van der Waals surface area contributed by atoms with Crippen molar-refractivity contribution >= 4 is 0 Å². The zero-order chi connectivity index (χ0) is 10.4. The van der Waals surface area contributed by atoms with Crippen molar-refractivity contribution in [2.75, 3.05) is 19.8 Å². The summed E-state index contributed by atoms with van der Waals surface area (Å²) >= 11 is 0. The van der Waals surface area contributed by atoms with E-state index in [9.17, 15) is 0 Å². The van der Waals surface area contributed by atoms with Gasteiger partial charge in [0.1, 0.15) is 0 Å². The van der Waals surface area contributed by atoms with Crippen LogP contribution in [0, 0.1) is 5.92 Å². The van der Waals surface area contributed by atoms with Crippen LogP contribution in [0.2, 0.25) is 0 Å². The van der Waals surface area contributed by atoms with Crippen LogP contribution in [0.15, 0.2) is 0 Å². The van der Waals surface area contributed by atoms with Gasteiger partial charge < -0.3 is 15.2 Å². The van der Waals surface area contributed by atoms with Gasteiger partial charge in [0.05, 0.1) is 6.10 Å². The van der Waals surface area contributed by atoms with Gasteiger partial charge >= 0.3 is 0 Å². The number of ether oxygens (including phenoxy) is 1. The van der Waals surface area contributed by atoms with Crippen LogP contribution in [0.4, 0.5) is 0 Å². The Labute approximate surface area is 86.8 Å². The lowest BCUT2D eigenvalue weighted by Crippen LogP contribution is -2.34. The van der Waals surface area contributed by atoms with Crippen molar-refractivity contribution in [1.82, 2.24) is 5.32 Å². The fraction of sp³-hybridized carbons (Fsp3) is 1.00. The maximum atomic E-state index is 9.12.